The summed E-state index contributed by atoms with van der Waals surface area (Å²) < 4.78 is 5.86. The van der Waals surface area contributed by atoms with E-state index in [1.807, 2.05) is 11.0 Å². The van der Waals surface area contributed by atoms with Crippen molar-refractivity contribution in [1.82, 2.24) is 4.90 Å². The molecule has 0 bridgehead atoms. The molecule has 4 rings (SSSR count). The zero-order valence-corrected chi connectivity index (χ0v) is 17.0. The molecule has 0 radical (unpaired) electrons. The average Bonchev–Trinajstić information content (AvgIpc) is 2.78. The number of nitrogens with one attached hydrogen (secondary N) is 1. The Balaban J connectivity index is 1.53. The van der Waals surface area contributed by atoms with Crippen LogP contribution in [0.2, 0.25) is 0 Å². The van der Waals surface area contributed by atoms with Gasteiger partial charge in [0.1, 0.15) is 5.75 Å². The number of fused-ring (bicyclic) bond motifs is 1. The number of piperidine rings is 1. The van der Waals surface area contributed by atoms with Gasteiger partial charge in [0.25, 0.3) is 11.8 Å². The highest BCUT2D eigenvalue weighted by atomic mass is 16.5. The molecule has 7 heteroatoms. The minimum atomic E-state index is -0.873. The van der Waals surface area contributed by atoms with Gasteiger partial charge in [-0.1, -0.05) is 24.3 Å². The Bertz CT molecular complexity index is 968. The summed E-state index contributed by atoms with van der Waals surface area (Å²) in [5, 5.41) is 2.84. The van der Waals surface area contributed by atoms with E-state index < -0.39 is 12.0 Å². The fourth-order valence-electron chi connectivity index (χ4n) is 3.93. The third-order valence-electron chi connectivity index (χ3n) is 5.50. The summed E-state index contributed by atoms with van der Waals surface area (Å²) in [6.45, 7) is 3.04. The number of hydrogen-bond donors (Lipinski definition) is 1. The van der Waals surface area contributed by atoms with Crippen molar-refractivity contribution in [3.63, 3.8) is 0 Å². The Morgan fingerprint density at radius 3 is 2.43 bits per heavy atom. The molecule has 156 valence electrons. The van der Waals surface area contributed by atoms with Gasteiger partial charge in [0.2, 0.25) is 5.91 Å². The number of anilines is 2. The molecule has 0 aliphatic carbocycles. The molecule has 1 N–H and O–H groups in total. The number of ether oxygens (including phenoxy) is 1. The maximum absolute atomic E-state index is 13.0. The van der Waals surface area contributed by atoms with Gasteiger partial charge in [0.05, 0.1) is 23.5 Å². The maximum Gasteiger partial charge on any atom is 0.267 e. The molecule has 2 aliphatic heterocycles. The molecule has 0 spiro atoms. The first-order valence-corrected chi connectivity index (χ1v) is 10.3. The van der Waals surface area contributed by atoms with Crippen LogP contribution in [0.1, 0.15) is 36.5 Å². The van der Waals surface area contributed by atoms with Crippen molar-refractivity contribution in [2.45, 2.75) is 32.3 Å². The van der Waals surface area contributed by atoms with Gasteiger partial charge in [-0.15, -0.1) is 0 Å². The number of para-hydroxylation sites is 3. The molecular weight excluding hydrogens is 382 g/mol. The van der Waals surface area contributed by atoms with E-state index in [9.17, 15) is 14.4 Å². The number of carbonyl (C=O) groups is 3. The minimum Gasteiger partial charge on any atom is -0.476 e. The van der Waals surface area contributed by atoms with Crippen LogP contribution in [0.3, 0.4) is 0 Å². The summed E-state index contributed by atoms with van der Waals surface area (Å²) in [7, 11) is 0. The second-order valence-corrected chi connectivity index (χ2v) is 7.59. The van der Waals surface area contributed by atoms with E-state index in [1.165, 1.54) is 11.8 Å². The van der Waals surface area contributed by atoms with Gasteiger partial charge >= 0.3 is 0 Å². The van der Waals surface area contributed by atoms with Gasteiger partial charge in [0, 0.05) is 20.0 Å². The summed E-state index contributed by atoms with van der Waals surface area (Å²) in [6, 6.07) is 14.2. The average molecular weight is 407 g/mol. The van der Waals surface area contributed by atoms with E-state index in [0.717, 1.165) is 32.4 Å². The van der Waals surface area contributed by atoms with E-state index in [2.05, 4.69) is 5.32 Å². The number of hydrogen-bond acceptors (Lipinski definition) is 4. The van der Waals surface area contributed by atoms with Crippen LogP contribution in [0, 0.1) is 0 Å². The summed E-state index contributed by atoms with van der Waals surface area (Å²) in [5.41, 5.74) is 1.57. The second kappa shape index (κ2) is 8.57. The largest absolute Gasteiger partial charge is 0.476 e. The molecule has 2 aromatic rings. The van der Waals surface area contributed by atoms with Gasteiger partial charge in [-0.05, 0) is 43.5 Å². The maximum atomic E-state index is 13.0. The second-order valence-electron chi connectivity index (χ2n) is 7.59. The molecule has 1 atom stereocenters. The van der Waals surface area contributed by atoms with Crippen LogP contribution in [0.15, 0.2) is 48.5 Å². The summed E-state index contributed by atoms with van der Waals surface area (Å²) in [5.74, 6) is -0.151. The van der Waals surface area contributed by atoms with E-state index in [1.54, 1.807) is 42.5 Å². The van der Waals surface area contributed by atoms with E-state index in [-0.39, 0.29) is 18.4 Å². The quantitative estimate of drug-likeness (QED) is 0.848. The van der Waals surface area contributed by atoms with Crippen molar-refractivity contribution in [2.24, 2.45) is 0 Å². The van der Waals surface area contributed by atoms with Crippen LogP contribution in [0.4, 0.5) is 11.4 Å². The van der Waals surface area contributed by atoms with Crippen LogP contribution < -0.4 is 15.0 Å². The molecule has 0 saturated carbocycles. The highest BCUT2D eigenvalue weighted by molar-refractivity contribution is 6.05. The Labute approximate surface area is 175 Å². The van der Waals surface area contributed by atoms with Crippen LogP contribution in [-0.2, 0) is 9.59 Å². The zero-order chi connectivity index (χ0) is 21.1. The number of likely N-dealkylation sites (tertiary alicyclic amines) is 1. The molecule has 7 nitrogen and oxygen atoms in total. The first-order valence-electron chi connectivity index (χ1n) is 10.3. The number of benzene rings is 2. The molecule has 1 fully saturated rings. The lowest BCUT2D eigenvalue weighted by Gasteiger charge is -2.33. The Hall–Kier alpha value is -3.35. The normalized spacial score (nSPS) is 18.2. The fraction of sp³-hybridized carbons (Fsp3) is 0.348. The molecule has 2 aliphatic rings. The number of nitrogens with zero attached hydrogens (tertiary/aromatic N) is 2. The third kappa shape index (κ3) is 4.01. The lowest BCUT2D eigenvalue weighted by Crippen LogP contribution is -2.48. The molecule has 0 unspecified atom stereocenters. The minimum absolute atomic E-state index is 0.0779. The summed E-state index contributed by atoms with van der Waals surface area (Å²) in [6.07, 6.45) is 2.25. The fourth-order valence-corrected chi connectivity index (χ4v) is 3.93. The highest BCUT2D eigenvalue weighted by Gasteiger charge is 2.33. The number of carbonyl (C=O) groups excluding carboxylic acids is 3. The lowest BCUT2D eigenvalue weighted by molar-refractivity contribution is -0.123. The van der Waals surface area contributed by atoms with Crippen molar-refractivity contribution in [2.75, 3.05) is 29.9 Å². The predicted molar refractivity (Wildman–Crippen MR) is 114 cm³/mol. The van der Waals surface area contributed by atoms with Crippen molar-refractivity contribution in [3.05, 3.63) is 54.1 Å². The van der Waals surface area contributed by atoms with E-state index >= 15 is 0 Å². The van der Waals surface area contributed by atoms with Crippen LogP contribution in [-0.4, -0.2) is 48.4 Å². The first-order chi connectivity index (χ1) is 14.5. The molecule has 3 amide bonds. The number of rotatable bonds is 3. The summed E-state index contributed by atoms with van der Waals surface area (Å²) >= 11 is 0. The standard InChI is InChI=1S/C23H25N3O4/c1-16(27)26-15-21(30-20-12-6-5-11-19(20)26)22(28)24-18-10-4-3-9-17(18)23(29)25-13-7-2-8-14-25/h3-6,9-12,21H,2,7-8,13-15H2,1H3,(H,24,28)/t21-/m0/s1. The zero-order valence-electron chi connectivity index (χ0n) is 17.0. The predicted octanol–water partition coefficient (Wildman–Crippen LogP) is 3.07. The highest BCUT2D eigenvalue weighted by Crippen LogP contribution is 2.33. The molecule has 30 heavy (non-hydrogen) atoms. The molecule has 2 aromatic carbocycles. The van der Waals surface area contributed by atoms with Crippen LogP contribution >= 0.6 is 0 Å². The Morgan fingerprint density at radius 2 is 1.67 bits per heavy atom. The van der Waals surface area contributed by atoms with Gasteiger partial charge in [-0.3, -0.25) is 14.4 Å². The molecular formula is C23H25N3O4. The van der Waals surface area contributed by atoms with E-state index in [4.69, 9.17) is 4.74 Å². The van der Waals surface area contributed by atoms with Gasteiger partial charge in [-0.2, -0.15) is 0 Å². The Kier molecular flexibility index (Phi) is 5.70. The van der Waals surface area contributed by atoms with Crippen molar-refractivity contribution >= 4 is 29.1 Å². The van der Waals surface area contributed by atoms with Gasteiger partial charge in [0.15, 0.2) is 6.10 Å². The van der Waals surface area contributed by atoms with Gasteiger partial charge in [-0.25, -0.2) is 0 Å². The third-order valence-corrected chi connectivity index (χ3v) is 5.50. The summed E-state index contributed by atoms with van der Waals surface area (Å²) in [4.78, 5) is 41.4. The van der Waals surface area contributed by atoms with Crippen molar-refractivity contribution in [1.29, 1.82) is 0 Å². The lowest BCUT2D eigenvalue weighted by atomic mass is 10.1. The molecule has 1 saturated heterocycles. The smallest absolute Gasteiger partial charge is 0.267 e. The van der Waals surface area contributed by atoms with E-state index in [0.29, 0.717) is 22.7 Å². The molecule has 0 aromatic heterocycles. The first kappa shape index (κ1) is 19.9. The SMILES string of the molecule is CC(=O)N1C[C@@H](C(=O)Nc2ccccc2C(=O)N2CCCCC2)Oc2ccccc21. The van der Waals surface area contributed by atoms with Gasteiger partial charge < -0.3 is 19.9 Å². The topological polar surface area (TPSA) is 79.0 Å². The Morgan fingerprint density at radius 1 is 0.967 bits per heavy atom. The monoisotopic (exact) mass is 407 g/mol. The van der Waals surface area contributed by atoms with Crippen LogP contribution in [0.5, 0.6) is 5.75 Å². The van der Waals surface area contributed by atoms with Crippen molar-refractivity contribution in [3.8, 4) is 5.75 Å². The number of amides is 3. The van der Waals surface area contributed by atoms with Crippen LogP contribution in [0.25, 0.3) is 0 Å². The van der Waals surface area contributed by atoms with Crippen molar-refractivity contribution < 1.29 is 19.1 Å². The molecule has 2 heterocycles.